The lowest BCUT2D eigenvalue weighted by molar-refractivity contribution is 0.203. The monoisotopic (exact) mass is 335 g/mol. The number of rotatable bonds is 6. The first-order chi connectivity index (χ1) is 7.69. The molecule has 0 fully saturated rings. The number of aromatic nitrogens is 2. The van der Waals surface area contributed by atoms with Crippen LogP contribution in [-0.4, -0.2) is 36.3 Å². The van der Waals surface area contributed by atoms with Crippen molar-refractivity contribution in [2.24, 2.45) is 0 Å². The topological polar surface area (TPSA) is 38.2 Å². The van der Waals surface area contributed by atoms with Gasteiger partial charge in [-0.15, -0.1) is 0 Å². The van der Waals surface area contributed by atoms with Gasteiger partial charge in [-0.1, -0.05) is 6.92 Å². The van der Waals surface area contributed by atoms with E-state index in [1.165, 1.54) is 0 Å². The normalized spacial score (nSPS) is 12.5. The maximum absolute atomic E-state index is 5.11. The highest BCUT2D eigenvalue weighted by Crippen LogP contribution is 2.13. The van der Waals surface area contributed by atoms with Crippen molar-refractivity contribution in [3.8, 4) is 0 Å². The summed E-state index contributed by atoms with van der Waals surface area (Å²) in [6.07, 6.45) is 4.75. The number of halogens is 1. The Bertz CT molecular complexity index is 305. The zero-order valence-corrected chi connectivity index (χ0v) is 12.1. The van der Waals surface area contributed by atoms with Gasteiger partial charge < -0.3 is 9.64 Å². The van der Waals surface area contributed by atoms with Gasteiger partial charge in [0.05, 0.1) is 6.61 Å². The van der Waals surface area contributed by atoms with Gasteiger partial charge in [0, 0.05) is 35.7 Å². The van der Waals surface area contributed by atoms with Crippen molar-refractivity contribution in [3.63, 3.8) is 0 Å². The summed E-state index contributed by atoms with van der Waals surface area (Å²) < 4.78 is 6.17. The molecule has 1 rings (SSSR count). The van der Waals surface area contributed by atoms with Crippen LogP contribution in [0.5, 0.6) is 0 Å². The molecule has 90 valence electrons. The predicted octanol–water partition coefficient (Wildman–Crippen LogP) is 2.33. The minimum absolute atomic E-state index is 0.426. The summed E-state index contributed by atoms with van der Waals surface area (Å²) >= 11 is 2.21. The highest BCUT2D eigenvalue weighted by molar-refractivity contribution is 14.1. The first-order valence-electron chi connectivity index (χ1n) is 5.42. The van der Waals surface area contributed by atoms with Crippen LogP contribution >= 0.6 is 22.6 Å². The lowest BCUT2D eigenvalue weighted by atomic mass is 10.2. The summed E-state index contributed by atoms with van der Waals surface area (Å²) in [7, 11) is 1.71. The molecule has 0 spiro atoms. The van der Waals surface area contributed by atoms with Crippen LogP contribution in [0.4, 0.5) is 5.95 Å². The number of hydrogen-bond acceptors (Lipinski definition) is 4. The van der Waals surface area contributed by atoms with E-state index in [0.717, 1.165) is 22.5 Å². The third kappa shape index (κ3) is 3.86. The lowest BCUT2D eigenvalue weighted by Gasteiger charge is -2.28. The van der Waals surface area contributed by atoms with Crippen molar-refractivity contribution < 1.29 is 4.74 Å². The van der Waals surface area contributed by atoms with E-state index in [1.807, 2.05) is 12.4 Å². The fraction of sp³-hybridized carbons (Fsp3) is 0.636. The van der Waals surface area contributed by atoms with Crippen LogP contribution in [0, 0.1) is 3.57 Å². The SMILES string of the molecule is CCC(C)N(CCOC)c1ncc(I)cn1. The zero-order valence-electron chi connectivity index (χ0n) is 9.98. The molecule has 0 aliphatic heterocycles. The highest BCUT2D eigenvalue weighted by Gasteiger charge is 2.14. The summed E-state index contributed by atoms with van der Waals surface area (Å²) in [6.45, 7) is 5.86. The Morgan fingerprint density at radius 2 is 2.06 bits per heavy atom. The third-order valence-corrected chi connectivity index (χ3v) is 3.08. The molecule has 1 heterocycles. The van der Waals surface area contributed by atoms with E-state index in [-0.39, 0.29) is 0 Å². The second-order valence-electron chi connectivity index (χ2n) is 3.64. The van der Waals surface area contributed by atoms with Crippen molar-refractivity contribution >= 4 is 28.5 Å². The molecule has 1 unspecified atom stereocenters. The Hall–Kier alpha value is -0.430. The maximum atomic E-state index is 5.11. The van der Waals surface area contributed by atoms with Crippen LogP contribution in [0.15, 0.2) is 12.4 Å². The Balaban J connectivity index is 2.78. The molecular formula is C11H18IN3O. The van der Waals surface area contributed by atoms with Gasteiger partial charge in [-0.05, 0) is 35.9 Å². The van der Waals surface area contributed by atoms with Gasteiger partial charge in [-0.2, -0.15) is 0 Å². The van der Waals surface area contributed by atoms with Gasteiger partial charge in [0.1, 0.15) is 0 Å². The van der Waals surface area contributed by atoms with E-state index in [9.17, 15) is 0 Å². The average molecular weight is 335 g/mol. The summed E-state index contributed by atoms with van der Waals surface area (Å²) in [5.41, 5.74) is 0. The number of anilines is 1. The maximum Gasteiger partial charge on any atom is 0.225 e. The molecule has 1 atom stereocenters. The molecule has 16 heavy (non-hydrogen) atoms. The highest BCUT2D eigenvalue weighted by atomic mass is 127. The van der Waals surface area contributed by atoms with Crippen molar-refractivity contribution in [1.29, 1.82) is 0 Å². The molecule has 0 aliphatic carbocycles. The molecule has 0 saturated heterocycles. The summed E-state index contributed by atoms with van der Waals surface area (Å²) in [5.74, 6) is 0.784. The Morgan fingerprint density at radius 1 is 1.44 bits per heavy atom. The van der Waals surface area contributed by atoms with E-state index in [2.05, 4.69) is 51.3 Å². The second-order valence-corrected chi connectivity index (χ2v) is 4.89. The molecule has 1 aromatic heterocycles. The smallest absolute Gasteiger partial charge is 0.225 e. The molecule has 4 nitrogen and oxygen atoms in total. The fourth-order valence-corrected chi connectivity index (χ4v) is 1.66. The molecule has 1 aromatic rings. The minimum atomic E-state index is 0.426. The van der Waals surface area contributed by atoms with Crippen LogP contribution < -0.4 is 4.90 Å². The molecule has 0 aliphatic rings. The van der Waals surface area contributed by atoms with Crippen molar-refractivity contribution in [2.75, 3.05) is 25.2 Å². The van der Waals surface area contributed by atoms with E-state index in [4.69, 9.17) is 4.74 Å². The van der Waals surface area contributed by atoms with Crippen molar-refractivity contribution in [2.45, 2.75) is 26.3 Å². The molecular weight excluding hydrogens is 317 g/mol. The first kappa shape index (κ1) is 13.6. The fourth-order valence-electron chi connectivity index (χ4n) is 1.38. The Morgan fingerprint density at radius 3 is 2.56 bits per heavy atom. The van der Waals surface area contributed by atoms with E-state index in [1.54, 1.807) is 7.11 Å². The van der Waals surface area contributed by atoms with Crippen LogP contribution in [0.25, 0.3) is 0 Å². The van der Waals surface area contributed by atoms with Crippen LogP contribution in [0.2, 0.25) is 0 Å². The van der Waals surface area contributed by atoms with Gasteiger partial charge in [0.25, 0.3) is 0 Å². The standard InChI is InChI=1S/C11H18IN3O/c1-4-9(2)15(5-6-16-3)11-13-7-10(12)8-14-11/h7-9H,4-6H2,1-3H3. The largest absolute Gasteiger partial charge is 0.383 e. The Labute approximate surface area is 111 Å². The first-order valence-corrected chi connectivity index (χ1v) is 6.50. The van der Waals surface area contributed by atoms with Gasteiger partial charge >= 0.3 is 0 Å². The summed E-state index contributed by atoms with van der Waals surface area (Å²) in [5, 5.41) is 0. The molecule has 0 amide bonds. The molecule has 5 heteroatoms. The van der Waals surface area contributed by atoms with Crippen LogP contribution in [0.1, 0.15) is 20.3 Å². The molecule has 0 saturated carbocycles. The molecule has 0 aromatic carbocycles. The van der Waals surface area contributed by atoms with Gasteiger partial charge in [0.2, 0.25) is 5.95 Å². The second kappa shape index (κ2) is 7.01. The van der Waals surface area contributed by atoms with Gasteiger partial charge in [-0.3, -0.25) is 0 Å². The minimum Gasteiger partial charge on any atom is -0.383 e. The van der Waals surface area contributed by atoms with Crippen LogP contribution in [0.3, 0.4) is 0 Å². The van der Waals surface area contributed by atoms with Gasteiger partial charge in [0.15, 0.2) is 0 Å². The van der Waals surface area contributed by atoms with Crippen LogP contribution in [-0.2, 0) is 4.74 Å². The van der Waals surface area contributed by atoms with E-state index in [0.29, 0.717) is 12.6 Å². The summed E-state index contributed by atoms with van der Waals surface area (Å²) in [4.78, 5) is 10.9. The molecule has 0 N–H and O–H groups in total. The number of hydrogen-bond donors (Lipinski definition) is 0. The number of nitrogens with zero attached hydrogens (tertiary/aromatic N) is 3. The lowest BCUT2D eigenvalue weighted by Crippen LogP contribution is -2.36. The summed E-state index contributed by atoms with van der Waals surface area (Å²) in [6, 6.07) is 0.426. The van der Waals surface area contributed by atoms with E-state index >= 15 is 0 Å². The number of methoxy groups -OCH3 is 1. The quantitative estimate of drug-likeness (QED) is 0.748. The number of ether oxygens (including phenoxy) is 1. The van der Waals surface area contributed by atoms with Crippen molar-refractivity contribution in [3.05, 3.63) is 16.0 Å². The van der Waals surface area contributed by atoms with Gasteiger partial charge in [-0.25, -0.2) is 9.97 Å². The third-order valence-electron chi connectivity index (χ3n) is 2.52. The average Bonchev–Trinajstić information content (AvgIpc) is 2.31. The van der Waals surface area contributed by atoms with E-state index < -0.39 is 0 Å². The van der Waals surface area contributed by atoms with Crippen molar-refractivity contribution in [1.82, 2.24) is 9.97 Å². The Kier molecular flexibility index (Phi) is 5.97. The molecule has 0 radical (unpaired) electrons. The zero-order chi connectivity index (χ0) is 12.0. The molecule has 0 bridgehead atoms. The predicted molar refractivity (Wildman–Crippen MR) is 73.7 cm³/mol.